The molecule has 9 nitrogen and oxygen atoms in total. The lowest BCUT2D eigenvalue weighted by Crippen LogP contribution is -2.42. The molecule has 0 spiro atoms. The molecule has 0 aromatic rings. The Labute approximate surface area is 120 Å². The highest BCUT2D eigenvalue weighted by Gasteiger charge is 2.17. The van der Waals surface area contributed by atoms with Gasteiger partial charge in [0.2, 0.25) is 0 Å². The molecule has 0 unspecified atom stereocenters. The van der Waals surface area contributed by atoms with Crippen molar-refractivity contribution in [3.8, 4) is 0 Å². The van der Waals surface area contributed by atoms with Crippen LogP contribution in [0.4, 0.5) is 0 Å². The minimum absolute atomic E-state index is 0.00688. The summed E-state index contributed by atoms with van der Waals surface area (Å²) in [5.41, 5.74) is 0. The number of carbonyl (C=O) groups excluding carboxylic acids is 1. The molecular formula is C10H16N2O7S. The third-order valence-corrected chi connectivity index (χ3v) is 2.31. The summed E-state index contributed by atoms with van der Waals surface area (Å²) in [6.45, 7) is -1.56. The zero-order valence-electron chi connectivity index (χ0n) is 10.6. The van der Waals surface area contributed by atoms with Crippen molar-refractivity contribution in [2.75, 3.05) is 39.3 Å². The first-order valence-electron chi connectivity index (χ1n) is 5.52. The van der Waals surface area contributed by atoms with Crippen molar-refractivity contribution in [2.45, 2.75) is 0 Å². The Morgan fingerprint density at radius 2 is 1.00 bits per heavy atom. The van der Waals surface area contributed by atoms with E-state index in [1.165, 1.54) is 4.90 Å². The van der Waals surface area contributed by atoms with Crippen molar-refractivity contribution in [2.24, 2.45) is 0 Å². The highest BCUT2D eigenvalue weighted by molar-refractivity contribution is 7.96. The number of thiol groups is 1. The fraction of sp³-hybridized carbons (Fsp3) is 0.600. The molecule has 0 atom stereocenters. The van der Waals surface area contributed by atoms with E-state index in [1.807, 2.05) is 0 Å². The van der Waals surface area contributed by atoms with Crippen LogP contribution in [0.5, 0.6) is 0 Å². The Hall–Kier alpha value is -1.65. The minimum Gasteiger partial charge on any atom is -0.480 e. The molecule has 0 rings (SSSR count). The zero-order chi connectivity index (χ0) is 15.7. The Bertz CT molecular complexity index is 320. The lowest BCUT2D eigenvalue weighted by Gasteiger charge is -2.23. The highest BCUT2D eigenvalue weighted by atomic mass is 32.1. The standard InChI is InChI=1S/C10H16N2O7S/c13-7(14)3-11(4-8(15)16)1-2-12(5-9(17)18)6-10(19)20/h1-6H2,(H,13,14)(H,15,16)(H,17,18)(H,19,20). The molecule has 0 aliphatic rings. The van der Waals surface area contributed by atoms with Crippen LogP contribution < -0.4 is 0 Å². The molecule has 0 aliphatic heterocycles. The lowest BCUT2D eigenvalue weighted by molar-refractivity contribution is -0.143. The Morgan fingerprint density at radius 1 is 0.700 bits per heavy atom. The quantitative estimate of drug-likeness (QED) is 0.329. The van der Waals surface area contributed by atoms with Crippen LogP contribution >= 0.6 is 12.6 Å². The van der Waals surface area contributed by atoms with Gasteiger partial charge < -0.3 is 15.3 Å². The predicted octanol–water partition coefficient (Wildman–Crippen LogP) is -1.70. The number of carbonyl (C=O) groups is 4. The van der Waals surface area contributed by atoms with Gasteiger partial charge in [0.05, 0.1) is 26.2 Å². The van der Waals surface area contributed by atoms with Gasteiger partial charge in [-0.05, 0) is 0 Å². The second-order valence-electron chi connectivity index (χ2n) is 4.00. The van der Waals surface area contributed by atoms with Crippen molar-refractivity contribution >= 4 is 35.7 Å². The predicted molar refractivity (Wildman–Crippen MR) is 69.8 cm³/mol. The Balaban J connectivity index is 4.49. The second-order valence-corrected chi connectivity index (χ2v) is 4.50. The van der Waals surface area contributed by atoms with Crippen LogP contribution in [0, 0.1) is 0 Å². The van der Waals surface area contributed by atoms with Crippen molar-refractivity contribution in [3.63, 3.8) is 0 Å². The zero-order valence-corrected chi connectivity index (χ0v) is 11.5. The van der Waals surface area contributed by atoms with E-state index in [1.54, 1.807) is 0 Å². The molecule has 0 saturated carbocycles. The summed E-state index contributed by atoms with van der Waals surface area (Å²) in [6, 6.07) is 0. The minimum atomic E-state index is -1.19. The van der Waals surface area contributed by atoms with E-state index in [9.17, 15) is 19.2 Å². The summed E-state index contributed by atoms with van der Waals surface area (Å²) in [5.74, 6) is -3.54. The van der Waals surface area contributed by atoms with Crippen molar-refractivity contribution in [3.05, 3.63) is 0 Å². The van der Waals surface area contributed by atoms with Gasteiger partial charge in [-0.1, -0.05) is 0 Å². The van der Waals surface area contributed by atoms with Crippen LogP contribution in [0.1, 0.15) is 0 Å². The third-order valence-electron chi connectivity index (χ3n) is 2.17. The average Bonchev–Trinajstić information content (AvgIpc) is 2.22. The highest BCUT2D eigenvalue weighted by Crippen LogP contribution is 1.95. The van der Waals surface area contributed by atoms with Gasteiger partial charge in [0.1, 0.15) is 0 Å². The molecule has 0 aromatic heterocycles. The van der Waals surface area contributed by atoms with Gasteiger partial charge >= 0.3 is 17.9 Å². The van der Waals surface area contributed by atoms with Crippen LogP contribution in [0.25, 0.3) is 0 Å². The van der Waals surface area contributed by atoms with Crippen LogP contribution in [0.3, 0.4) is 0 Å². The largest absolute Gasteiger partial charge is 0.480 e. The molecule has 20 heavy (non-hydrogen) atoms. The van der Waals surface area contributed by atoms with Gasteiger partial charge in [0.15, 0.2) is 5.12 Å². The van der Waals surface area contributed by atoms with Gasteiger partial charge in [-0.3, -0.25) is 29.0 Å². The molecule has 10 heteroatoms. The summed E-state index contributed by atoms with van der Waals surface area (Å²) in [4.78, 5) is 45.0. The number of carboxylic acid groups (broad SMARTS) is 3. The number of rotatable bonds is 11. The van der Waals surface area contributed by atoms with Crippen molar-refractivity contribution < 1.29 is 34.5 Å². The number of hydrogen-bond acceptors (Lipinski definition) is 6. The van der Waals surface area contributed by atoms with E-state index in [0.717, 1.165) is 4.90 Å². The van der Waals surface area contributed by atoms with Crippen molar-refractivity contribution in [1.29, 1.82) is 0 Å². The maximum atomic E-state index is 10.9. The monoisotopic (exact) mass is 308 g/mol. The van der Waals surface area contributed by atoms with Crippen LogP contribution in [-0.4, -0.2) is 87.4 Å². The molecule has 0 aromatic carbocycles. The van der Waals surface area contributed by atoms with Gasteiger partial charge in [-0.2, -0.15) is 0 Å². The van der Waals surface area contributed by atoms with E-state index in [2.05, 4.69) is 12.6 Å². The molecule has 3 N–H and O–H groups in total. The molecule has 0 radical (unpaired) electrons. The van der Waals surface area contributed by atoms with Gasteiger partial charge in [0.25, 0.3) is 0 Å². The van der Waals surface area contributed by atoms with Crippen LogP contribution in [-0.2, 0) is 19.2 Å². The lowest BCUT2D eigenvalue weighted by atomic mass is 10.4. The maximum Gasteiger partial charge on any atom is 0.317 e. The third kappa shape index (κ3) is 10.3. The number of aliphatic carboxylic acids is 3. The van der Waals surface area contributed by atoms with E-state index in [0.29, 0.717) is 0 Å². The van der Waals surface area contributed by atoms with Gasteiger partial charge in [-0.15, -0.1) is 12.6 Å². The molecule has 0 amide bonds. The number of carboxylic acids is 3. The fourth-order valence-electron chi connectivity index (χ4n) is 1.48. The molecular weight excluding hydrogens is 292 g/mol. The summed E-state index contributed by atoms with van der Waals surface area (Å²) in [6.07, 6.45) is 0. The van der Waals surface area contributed by atoms with E-state index in [-0.39, 0.29) is 19.6 Å². The number of hydrogen-bond donors (Lipinski definition) is 4. The first-order chi connectivity index (χ1) is 9.20. The van der Waals surface area contributed by atoms with Gasteiger partial charge in [-0.25, -0.2) is 0 Å². The van der Waals surface area contributed by atoms with E-state index < -0.39 is 42.7 Å². The fourth-order valence-corrected chi connectivity index (χ4v) is 1.68. The summed E-state index contributed by atoms with van der Waals surface area (Å²) < 4.78 is 0. The molecule has 0 aliphatic carbocycles. The Kier molecular flexibility index (Phi) is 8.52. The SMILES string of the molecule is O=C(O)CN(CCN(CC(=O)O)CC(=O)S)CC(=O)O. The first kappa shape index (κ1) is 18.4. The molecule has 0 bridgehead atoms. The number of nitrogens with zero attached hydrogens (tertiary/aromatic N) is 2. The maximum absolute atomic E-state index is 10.9. The molecule has 0 fully saturated rings. The van der Waals surface area contributed by atoms with Crippen LogP contribution in [0.15, 0.2) is 0 Å². The Morgan fingerprint density at radius 3 is 1.25 bits per heavy atom. The second kappa shape index (κ2) is 9.28. The molecule has 114 valence electrons. The molecule has 0 saturated heterocycles. The summed E-state index contributed by atoms with van der Waals surface area (Å²) >= 11 is 3.54. The smallest absolute Gasteiger partial charge is 0.317 e. The van der Waals surface area contributed by atoms with E-state index >= 15 is 0 Å². The average molecular weight is 308 g/mol. The molecule has 0 heterocycles. The van der Waals surface area contributed by atoms with Gasteiger partial charge in [0, 0.05) is 13.1 Å². The van der Waals surface area contributed by atoms with E-state index in [4.69, 9.17) is 15.3 Å². The van der Waals surface area contributed by atoms with Crippen LogP contribution in [0.2, 0.25) is 0 Å². The summed E-state index contributed by atoms with van der Waals surface area (Å²) in [7, 11) is 0. The first-order valence-corrected chi connectivity index (χ1v) is 5.97. The summed E-state index contributed by atoms with van der Waals surface area (Å²) in [5, 5.41) is 25.4. The topological polar surface area (TPSA) is 135 Å². The van der Waals surface area contributed by atoms with Crippen molar-refractivity contribution in [1.82, 2.24) is 9.80 Å². The normalized spacial score (nSPS) is 10.8.